The number of nitrogens with one attached hydrogen (secondary N) is 1. The lowest BCUT2D eigenvalue weighted by Gasteiger charge is -2.36. The van der Waals surface area contributed by atoms with Crippen molar-refractivity contribution >= 4 is 34.4 Å². The molecule has 0 spiro atoms. The highest BCUT2D eigenvalue weighted by atomic mass is 35.5. The number of carboxylic acids is 1. The topological polar surface area (TPSA) is 76.6 Å². The number of carbonyl (C=O) groups is 2. The first-order valence-corrected chi connectivity index (χ1v) is 7.34. The van der Waals surface area contributed by atoms with Gasteiger partial charge in [-0.3, -0.25) is 14.5 Å². The first-order chi connectivity index (χ1) is 10.5. The minimum atomic E-state index is -0.913. The normalized spacial score (nSPS) is 19.5. The molecule has 2 N–H and O–H groups in total. The number of rotatable bonds is 2. The third kappa shape index (κ3) is 2.67. The minimum Gasteiger partial charge on any atom is -0.480 e. The van der Waals surface area contributed by atoms with E-state index in [1.54, 1.807) is 35.0 Å². The quantitative estimate of drug-likeness (QED) is 0.882. The summed E-state index contributed by atoms with van der Waals surface area (Å²) in [6.45, 7) is 1.23. The number of benzene rings is 1. The van der Waals surface area contributed by atoms with Crippen LogP contribution in [0.1, 0.15) is 10.5 Å². The Hall–Kier alpha value is -2.05. The summed E-state index contributed by atoms with van der Waals surface area (Å²) in [4.78, 5) is 30.2. The largest absolute Gasteiger partial charge is 0.480 e. The Morgan fingerprint density at radius 1 is 1.32 bits per heavy atom. The van der Waals surface area contributed by atoms with Crippen LogP contribution in [0.2, 0.25) is 5.02 Å². The fraction of sp³-hybridized carbons (Fsp3) is 0.333. The third-order valence-corrected chi connectivity index (χ3v) is 4.27. The average Bonchev–Trinajstić information content (AvgIpc) is 2.89. The zero-order valence-corrected chi connectivity index (χ0v) is 12.8. The number of carbonyl (C=O) groups excluding carboxylic acids is 1. The van der Waals surface area contributed by atoms with Crippen LogP contribution in [0.25, 0.3) is 10.9 Å². The number of nitrogens with zero attached hydrogens (tertiary/aromatic N) is 2. The molecule has 0 bridgehead atoms. The van der Waals surface area contributed by atoms with E-state index in [9.17, 15) is 14.7 Å². The van der Waals surface area contributed by atoms with Crippen LogP contribution in [0.3, 0.4) is 0 Å². The summed E-state index contributed by atoms with van der Waals surface area (Å²) < 4.78 is 0. The van der Waals surface area contributed by atoms with Gasteiger partial charge < -0.3 is 15.0 Å². The van der Waals surface area contributed by atoms with Gasteiger partial charge in [0.05, 0.1) is 0 Å². The fourth-order valence-corrected chi connectivity index (χ4v) is 2.89. The number of aromatic amines is 1. The lowest BCUT2D eigenvalue weighted by molar-refractivity contribution is -0.144. The highest BCUT2D eigenvalue weighted by molar-refractivity contribution is 6.31. The van der Waals surface area contributed by atoms with Gasteiger partial charge in [0, 0.05) is 35.6 Å². The molecule has 1 fully saturated rings. The van der Waals surface area contributed by atoms with Crippen LogP contribution < -0.4 is 0 Å². The lowest BCUT2D eigenvalue weighted by atomic mass is 10.1. The number of aliphatic carboxylic acids is 1. The molecule has 1 atom stereocenters. The number of halogens is 1. The Balaban J connectivity index is 1.84. The zero-order chi connectivity index (χ0) is 15.9. The predicted molar refractivity (Wildman–Crippen MR) is 83.3 cm³/mol. The maximum Gasteiger partial charge on any atom is 0.322 e. The molecule has 3 rings (SSSR count). The van der Waals surface area contributed by atoms with E-state index in [-0.39, 0.29) is 12.5 Å². The molecule has 1 aliphatic heterocycles. The molecule has 0 saturated carbocycles. The van der Waals surface area contributed by atoms with Gasteiger partial charge in [0.15, 0.2) is 0 Å². The number of piperazine rings is 1. The van der Waals surface area contributed by atoms with E-state index in [2.05, 4.69) is 4.98 Å². The van der Waals surface area contributed by atoms with Crippen molar-refractivity contribution in [2.75, 3.05) is 26.7 Å². The summed E-state index contributed by atoms with van der Waals surface area (Å²) >= 11 is 5.95. The van der Waals surface area contributed by atoms with Crippen molar-refractivity contribution in [3.05, 3.63) is 35.0 Å². The van der Waals surface area contributed by atoms with Gasteiger partial charge in [-0.05, 0) is 31.3 Å². The lowest BCUT2D eigenvalue weighted by Crippen LogP contribution is -2.56. The minimum absolute atomic E-state index is 0.181. The van der Waals surface area contributed by atoms with Crippen LogP contribution in [-0.4, -0.2) is 64.5 Å². The molecule has 1 aliphatic rings. The fourth-order valence-electron chi connectivity index (χ4n) is 2.71. The van der Waals surface area contributed by atoms with Gasteiger partial charge in [-0.1, -0.05) is 11.6 Å². The second-order valence-electron chi connectivity index (χ2n) is 5.50. The molecule has 2 aromatic rings. The Bertz CT molecular complexity index is 743. The molecule has 2 heterocycles. The summed E-state index contributed by atoms with van der Waals surface area (Å²) in [7, 11) is 1.76. The molecule has 7 heteroatoms. The average molecular weight is 322 g/mol. The number of amides is 1. The maximum absolute atomic E-state index is 12.6. The van der Waals surface area contributed by atoms with Crippen LogP contribution in [0, 0.1) is 0 Å². The molecule has 22 heavy (non-hydrogen) atoms. The molecule has 0 radical (unpaired) electrons. The van der Waals surface area contributed by atoms with Gasteiger partial charge >= 0.3 is 5.97 Å². The van der Waals surface area contributed by atoms with E-state index in [0.717, 1.165) is 10.9 Å². The number of aromatic nitrogens is 1. The van der Waals surface area contributed by atoms with Crippen LogP contribution in [0.4, 0.5) is 0 Å². The molecular weight excluding hydrogens is 306 g/mol. The van der Waals surface area contributed by atoms with Crippen molar-refractivity contribution in [2.24, 2.45) is 0 Å². The molecule has 1 unspecified atom stereocenters. The van der Waals surface area contributed by atoms with Crippen LogP contribution >= 0.6 is 11.6 Å². The van der Waals surface area contributed by atoms with Gasteiger partial charge in [-0.25, -0.2) is 0 Å². The summed E-state index contributed by atoms with van der Waals surface area (Å²) in [6, 6.07) is 6.44. The Morgan fingerprint density at radius 2 is 2.09 bits per heavy atom. The monoisotopic (exact) mass is 321 g/mol. The van der Waals surface area contributed by atoms with E-state index in [1.807, 2.05) is 6.07 Å². The van der Waals surface area contributed by atoms with Gasteiger partial charge in [0.1, 0.15) is 11.7 Å². The smallest absolute Gasteiger partial charge is 0.322 e. The van der Waals surface area contributed by atoms with Crippen molar-refractivity contribution in [2.45, 2.75) is 6.04 Å². The molecule has 0 aliphatic carbocycles. The standard InChI is InChI=1S/C15H16ClN3O3/c1-18-4-5-19(8-13(18)15(21)22)14(20)12-7-9-6-10(16)2-3-11(9)17-12/h2-3,6-7,13,17H,4-5,8H2,1H3,(H,21,22). The second kappa shape index (κ2) is 5.62. The predicted octanol–water partition coefficient (Wildman–Crippen LogP) is 1.66. The Morgan fingerprint density at radius 3 is 2.82 bits per heavy atom. The number of hydrogen-bond acceptors (Lipinski definition) is 3. The van der Waals surface area contributed by atoms with Crippen LogP contribution in [-0.2, 0) is 4.79 Å². The van der Waals surface area contributed by atoms with E-state index in [0.29, 0.717) is 23.8 Å². The number of carboxylic acid groups (broad SMARTS) is 1. The zero-order valence-electron chi connectivity index (χ0n) is 12.0. The molecule has 1 amide bonds. The van der Waals surface area contributed by atoms with Crippen molar-refractivity contribution in [1.82, 2.24) is 14.8 Å². The van der Waals surface area contributed by atoms with Gasteiger partial charge in [0.25, 0.3) is 5.91 Å². The molecular formula is C15H16ClN3O3. The maximum atomic E-state index is 12.6. The first kappa shape index (κ1) is 14.9. The van der Waals surface area contributed by atoms with E-state index >= 15 is 0 Å². The van der Waals surface area contributed by atoms with Crippen molar-refractivity contribution < 1.29 is 14.7 Å². The number of hydrogen-bond donors (Lipinski definition) is 2. The summed E-state index contributed by atoms with van der Waals surface area (Å²) in [5.41, 5.74) is 1.28. The van der Waals surface area contributed by atoms with Gasteiger partial charge in [-0.15, -0.1) is 0 Å². The number of likely N-dealkylation sites (N-methyl/N-ethyl adjacent to an activating group) is 1. The molecule has 116 valence electrons. The van der Waals surface area contributed by atoms with Gasteiger partial charge in [-0.2, -0.15) is 0 Å². The summed E-state index contributed by atoms with van der Waals surface area (Å²) in [5, 5.41) is 10.7. The van der Waals surface area contributed by atoms with E-state index in [1.165, 1.54) is 0 Å². The summed E-state index contributed by atoms with van der Waals surface area (Å²) in [5.74, 6) is -1.10. The third-order valence-electron chi connectivity index (χ3n) is 4.03. The van der Waals surface area contributed by atoms with Crippen molar-refractivity contribution in [1.29, 1.82) is 0 Å². The first-order valence-electron chi connectivity index (χ1n) is 6.96. The summed E-state index contributed by atoms with van der Waals surface area (Å²) in [6.07, 6.45) is 0. The molecule has 6 nitrogen and oxygen atoms in total. The number of fused-ring (bicyclic) bond motifs is 1. The molecule has 1 saturated heterocycles. The van der Waals surface area contributed by atoms with Crippen LogP contribution in [0.5, 0.6) is 0 Å². The molecule has 1 aromatic heterocycles. The Kier molecular flexibility index (Phi) is 3.80. The SMILES string of the molecule is CN1CCN(C(=O)c2cc3cc(Cl)ccc3[nH]2)CC1C(=O)O. The number of H-pyrrole nitrogens is 1. The van der Waals surface area contributed by atoms with E-state index in [4.69, 9.17) is 11.6 Å². The molecule has 1 aromatic carbocycles. The van der Waals surface area contributed by atoms with Crippen molar-refractivity contribution in [3.8, 4) is 0 Å². The van der Waals surface area contributed by atoms with E-state index < -0.39 is 12.0 Å². The van der Waals surface area contributed by atoms with Crippen molar-refractivity contribution in [3.63, 3.8) is 0 Å². The highest BCUT2D eigenvalue weighted by Crippen LogP contribution is 2.21. The second-order valence-corrected chi connectivity index (χ2v) is 5.94. The van der Waals surface area contributed by atoms with Crippen LogP contribution in [0.15, 0.2) is 24.3 Å². The highest BCUT2D eigenvalue weighted by Gasteiger charge is 2.32. The van der Waals surface area contributed by atoms with Gasteiger partial charge in [0.2, 0.25) is 0 Å². The Labute approximate surface area is 132 Å².